The van der Waals surface area contributed by atoms with Gasteiger partial charge in [-0.15, -0.1) is 11.8 Å². The summed E-state index contributed by atoms with van der Waals surface area (Å²) in [6.07, 6.45) is 0.166. The predicted molar refractivity (Wildman–Crippen MR) is 76.3 cm³/mol. The summed E-state index contributed by atoms with van der Waals surface area (Å²) < 4.78 is 25.4. The average Bonchev–Trinajstić information content (AvgIpc) is 2.41. The van der Waals surface area contributed by atoms with Crippen molar-refractivity contribution < 1.29 is 18.7 Å². The van der Waals surface area contributed by atoms with Crippen molar-refractivity contribution >= 4 is 17.7 Å². The van der Waals surface area contributed by atoms with Crippen molar-refractivity contribution in [1.29, 1.82) is 0 Å². The van der Waals surface area contributed by atoms with Gasteiger partial charge < -0.3 is 10.4 Å². The van der Waals surface area contributed by atoms with Gasteiger partial charge >= 0.3 is 0 Å². The number of hydrogen-bond acceptors (Lipinski definition) is 3. The average molecular weight is 303 g/mol. The zero-order valence-electron chi connectivity index (χ0n) is 11.6. The molecule has 0 bridgehead atoms. The number of nitrogens with one attached hydrogen (secondary N) is 1. The van der Waals surface area contributed by atoms with Crippen molar-refractivity contribution in [2.45, 2.75) is 31.1 Å². The Morgan fingerprint density at radius 3 is 2.65 bits per heavy atom. The first-order valence-corrected chi connectivity index (χ1v) is 7.28. The van der Waals surface area contributed by atoms with Gasteiger partial charge in [0.25, 0.3) is 5.92 Å². The number of halogens is 2. The lowest BCUT2D eigenvalue weighted by Gasteiger charge is -2.13. The van der Waals surface area contributed by atoms with Crippen molar-refractivity contribution in [1.82, 2.24) is 5.32 Å². The van der Waals surface area contributed by atoms with E-state index < -0.39 is 25.0 Å². The molecule has 1 aromatic carbocycles. The number of aliphatic hydroxyl groups excluding tert-OH is 1. The molecule has 0 spiro atoms. The van der Waals surface area contributed by atoms with Gasteiger partial charge in [0, 0.05) is 17.1 Å². The van der Waals surface area contributed by atoms with Gasteiger partial charge in [-0.1, -0.05) is 6.07 Å². The number of benzene rings is 1. The van der Waals surface area contributed by atoms with Crippen LogP contribution in [0.1, 0.15) is 17.5 Å². The van der Waals surface area contributed by atoms with E-state index >= 15 is 0 Å². The highest BCUT2D eigenvalue weighted by Gasteiger charge is 2.27. The van der Waals surface area contributed by atoms with Gasteiger partial charge in [-0.2, -0.15) is 0 Å². The highest BCUT2D eigenvalue weighted by Crippen LogP contribution is 2.21. The molecule has 3 nitrogen and oxygen atoms in total. The number of alkyl halides is 2. The van der Waals surface area contributed by atoms with Gasteiger partial charge in [-0.25, -0.2) is 8.78 Å². The highest BCUT2D eigenvalue weighted by atomic mass is 32.2. The van der Waals surface area contributed by atoms with Crippen LogP contribution in [0, 0.1) is 13.8 Å². The van der Waals surface area contributed by atoms with Crippen molar-refractivity contribution in [3.63, 3.8) is 0 Å². The van der Waals surface area contributed by atoms with E-state index in [1.54, 1.807) is 0 Å². The number of hydrogen-bond donors (Lipinski definition) is 2. The van der Waals surface area contributed by atoms with E-state index in [4.69, 9.17) is 5.11 Å². The largest absolute Gasteiger partial charge is 0.390 e. The number of carbonyl (C=O) groups excluding carboxylic acids is 1. The first-order valence-electron chi connectivity index (χ1n) is 6.29. The molecule has 6 heteroatoms. The van der Waals surface area contributed by atoms with Gasteiger partial charge in [0.05, 0.1) is 6.54 Å². The van der Waals surface area contributed by atoms with Crippen LogP contribution in [0.25, 0.3) is 0 Å². The molecule has 0 unspecified atom stereocenters. The Bertz CT molecular complexity index is 466. The van der Waals surface area contributed by atoms with Crippen molar-refractivity contribution in [3.05, 3.63) is 29.3 Å². The third-order valence-corrected chi connectivity index (χ3v) is 3.85. The second kappa shape index (κ2) is 7.59. The Morgan fingerprint density at radius 1 is 1.35 bits per heavy atom. The molecule has 0 radical (unpaired) electrons. The van der Waals surface area contributed by atoms with Crippen LogP contribution in [-0.2, 0) is 4.79 Å². The van der Waals surface area contributed by atoms with Gasteiger partial charge in [0.15, 0.2) is 0 Å². The monoisotopic (exact) mass is 303 g/mol. The summed E-state index contributed by atoms with van der Waals surface area (Å²) in [6, 6.07) is 6.03. The quantitative estimate of drug-likeness (QED) is 0.761. The van der Waals surface area contributed by atoms with Crippen LogP contribution in [0.3, 0.4) is 0 Å². The van der Waals surface area contributed by atoms with Crippen LogP contribution in [0.2, 0.25) is 0 Å². The SMILES string of the molecule is Cc1ccc(SCCC(=O)NCC(F)(F)CO)cc1C. The van der Waals surface area contributed by atoms with E-state index in [1.165, 1.54) is 22.9 Å². The minimum absolute atomic E-state index is 0.166. The lowest BCUT2D eigenvalue weighted by atomic mass is 10.1. The molecule has 1 rings (SSSR count). The fourth-order valence-corrected chi connectivity index (χ4v) is 2.39. The van der Waals surface area contributed by atoms with Crippen molar-refractivity contribution in [2.75, 3.05) is 18.9 Å². The van der Waals surface area contributed by atoms with E-state index in [1.807, 2.05) is 32.0 Å². The summed E-state index contributed by atoms with van der Waals surface area (Å²) in [5, 5.41) is 10.5. The Morgan fingerprint density at radius 2 is 2.05 bits per heavy atom. The molecular weight excluding hydrogens is 284 g/mol. The molecule has 1 aromatic rings. The van der Waals surface area contributed by atoms with Gasteiger partial charge in [-0.05, 0) is 37.1 Å². The second-order valence-electron chi connectivity index (χ2n) is 4.64. The molecule has 0 fully saturated rings. The lowest BCUT2D eigenvalue weighted by molar-refractivity contribution is -0.123. The first kappa shape index (κ1) is 16.9. The number of aryl methyl sites for hydroxylation is 2. The maximum Gasteiger partial charge on any atom is 0.287 e. The molecule has 20 heavy (non-hydrogen) atoms. The normalized spacial score (nSPS) is 11.4. The molecule has 112 valence electrons. The molecule has 1 amide bonds. The third kappa shape index (κ3) is 5.88. The maximum atomic E-state index is 12.7. The molecule has 0 atom stereocenters. The zero-order valence-corrected chi connectivity index (χ0v) is 12.4. The Hall–Kier alpha value is -1.14. The van der Waals surface area contributed by atoms with Crippen LogP contribution in [0.4, 0.5) is 8.78 Å². The number of thioether (sulfide) groups is 1. The summed E-state index contributed by atoms with van der Waals surface area (Å²) in [5.74, 6) is -3.16. The highest BCUT2D eigenvalue weighted by molar-refractivity contribution is 7.99. The van der Waals surface area contributed by atoms with Crippen molar-refractivity contribution in [2.24, 2.45) is 0 Å². The maximum absolute atomic E-state index is 12.7. The number of carbonyl (C=O) groups is 1. The number of amides is 1. The fourth-order valence-electron chi connectivity index (χ4n) is 1.44. The molecule has 0 aromatic heterocycles. The molecule has 0 aliphatic carbocycles. The minimum atomic E-state index is -3.25. The summed E-state index contributed by atoms with van der Waals surface area (Å²) in [7, 11) is 0. The Balaban J connectivity index is 2.30. The van der Waals surface area contributed by atoms with Gasteiger partial charge in [-0.3, -0.25) is 4.79 Å². The molecule has 0 heterocycles. The van der Waals surface area contributed by atoms with E-state index in [0.717, 1.165) is 4.90 Å². The smallest absolute Gasteiger partial charge is 0.287 e. The van der Waals surface area contributed by atoms with Crippen molar-refractivity contribution in [3.8, 4) is 0 Å². The predicted octanol–water partition coefficient (Wildman–Crippen LogP) is 2.53. The number of aliphatic hydroxyl groups is 1. The molecule has 0 aliphatic rings. The summed E-state index contributed by atoms with van der Waals surface area (Å²) in [4.78, 5) is 12.4. The fraction of sp³-hybridized carbons (Fsp3) is 0.500. The summed E-state index contributed by atoms with van der Waals surface area (Å²) >= 11 is 1.51. The second-order valence-corrected chi connectivity index (χ2v) is 5.80. The molecular formula is C14H19F2NO2S. The van der Waals surface area contributed by atoms with E-state index in [-0.39, 0.29) is 6.42 Å². The first-order chi connectivity index (χ1) is 9.34. The summed E-state index contributed by atoms with van der Waals surface area (Å²) in [6.45, 7) is 1.96. The zero-order chi connectivity index (χ0) is 15.2. The summed E-state index contributed by atoms with van der Waals surface area (Å²) in [5.41, 5.74) is 2.39. The van der Waals surface area contributed by atoms with Gasteiger partial charge in [0.1, 0.15) is 6.61 Å². The molecule has 0 saturated carbocycles. The van der Waals surface area contributed by atoms with E-state index in [2.05, 4.69) is 5.32 Å². The third-order valence-electron chi connectivity index (χ3n) is 2.85. The van der Waals surface area contributed by atoms with Crippen LogP contribution >= 0.6 is 11.8 Å². The standard InChI is InChI=1S/C14H19F2NO2S/c1-10-3-4-12(7-11(10)2)20-6-5-13(19)17-8-14(15,16)9-18/h3-4,7,18H,5-6,8-9H2,1-2H3,(H,17,19). The van der Waals surface area contributed by atoms with E-state index in [9.17, 15) is 13.6 Å². The Kier molecular flexibility index (Phi) is 6.42. The lowest BCUT2D eigenvalue weighted by Crippen LogP contribution is -2.39. The minimum Gasteiger partial charge on any atom is -0.390 e. The van der Waals surface area contributed by atoms with Crippen LogP contribution in [0.5, 0.6) is 0 Å². The topological polar surface area (TPSA) is 49.3 Å². The Labute approximate surface area is 121 Å². The van der Waals surface area contributed by atoms with Crippen LogP contribution in [-0.4, -0.2) is 35.8 Å². The van der Waals surface area contributed by atoms with E-state index in [0.29, 0.717) is 5.75 Å². The molecule has 2 N–H and O–H groups in total. The van der Waals surface area contributed by atoms with Crippen LogP contribution < -0.4 is 5.32 Å². The molecule has 0 saturated heterocycles. The molecule has 0 aliphatic heterocycles. The number of rotatable bonds is 7. The van der Waals surface area contributed by atoms with Gasteiger partial charge in [0.2, 0.25) is 5.91 Å². The van der Waals surface area contributed by atoms with Crippen LogP contribution in [0.15, 0.2) is 23.1 Å².